The molecule has 0 bridgehead atoms. The number of carbonyl (C=O) groups excluding carboxylic acids is 1. The molecule has 1 amide bonds. The molecular formula is C11H12FNOS. The molecule has 1 aliphatic rings. The molecule has 1 aromatic rings. The summed E-state index contributed by atoms with van der Waals surface area (Å²) in [7, 11) is 0. The maximum atomic E-state index is 12.9. The Balaban J connectivity index is 2.20. The smallest absolute Gasteiger partial charge is 0.254 e. The molecule has 0 radical (unpaired) electrons. The van der Waals surface area contributed by atoms with Crippen molar-refractivity contribution in [1.29, 1.82) is 0 Å². The first-order chi connectivity index (χ1) is 7.18. The maximum Gasteiger partial charge on any atom is 0.254 e. The molecule has 1 fully saturated rings. The summed E-state index contributed by atoms with van der Waals surface area (Å²) in [5.41, 5.74) is 0.435. The van der Waals surface area contributed by atoms with Crippen molar-refractivity contribution in [2.45, 2.75) is 12.3 Å². The van der Waals surface area contributed by atoms with Gasteiger partial charge in [-0.15, -0.1) is 11.8 Å². The molecule has 15 heavy (non-hydrogen) atoms. The molecule has 1 saturated heterocycles. The number of thioether (sulfide) groups is 1. The van der Waals surface area contributed by atoms with Crippen LogP contribution in [0.2, 0.25) is 0 Å². The summed E-state index contributed by atoms with van der Waals surface area (Å²) >= 11 is 1.74. The highest BCUT2D eigenvalue weighted by Crippen LogP contribution is 2.24. The van der Waals surface area contributed by atoms with Crippen molar-refractivity contribution in [3.8, 4) is 0 Å². The number of hydrogen-bond donors (Lipinski definition) is 0. The van der Waals surface area contributed by atoms with Crippen molar-refractivity contribution in [3.63, 3.8) is 0 Å². The zero-order valence-corrected chi connectivity index (χ0v) is 9.26. The second-order valence-corrected chi connectivity index (χ2v) is 4.90. The van der Waals surface area contributed by atoms with E-state index in [4.69, 9.17) is 0 Å². The second kappa shape index (κ2) is 4.23. The molecule has 0 aliphatic carbocycles. The van der Waals surface area contributed by atoms with Gasteiger partial charge in [0.05, 0.1) is 5.37 Å². The minimum Gasteiger partial charge on any atom is -0.326 e. The monoisotopic (exact) mass is 225 g/mol. The van der Waals surface area contributed by atoms with Gasteiger partial charge in [0.2, 0.25) is 0 Å². The van der Waals surface area contributed by atoms with E-state index in [-0.39, 0.29) is 17.1 Å². The van der Waals surface area contributed by atoms with E-state index in [0.717, 1.165) is 12.3 Å². The standard InChI is InChI=1S/C11H12FNOS/c1-8-13(5-6-15-8)11(14)9-3-2-4-10(12)7-9/h2-4,7-8H,5-6H2,1H3. The molecule has 0 saturated carbocycles. The highest BCUT2D eigenvalue weighted by Gasteiger charge is 2.26. The van der Waals surface area contributed by atoms with Gasteiger partial charge < -0.3 is 4.90 Å². The molecule has 1 atom stereocenters. The number of amides is 1. The van der Waals surface area contributed by atoms with Crippen molar-refractivity contribution in [2.75, 3.05) is 12.3 Å². The van der Waals surface area contributed by atoms with Gasteiger partial charge in [-0.1, -0.05) is 6.07 Å². The van der Waals surface area contributed by atoms with Crippen LogP contribution in [0.1, 0.15) is 17.3 Å². The normalized spacial score (nSPS) is 20.7. The van der Waals surface area contributed by atoms with Gasteiger partial charge in [0, 0.05) is 17.9 Å². The molecule has 80 valence electrons. The Labute approximate surface area is 92.5 Å². The zero-order chi connectivity index (χ0) is 10.8. The van der Waals surface area contributed by atoms with Gasteiger partial charge in [-0.05, 0) is 25.1 Å². The first kappa shape index (κ1) is 10.5. The molecule has 1 unspecified atom stereocenters. The Morgan fingerprint density at radius 1 is 1.60 bits per heavy atom. The van der Waals surface area contributed by atoms with Crippen LogP contribution in [-0.2, 0) is 0 Å². The predicted octanol–water partition coefficient (Wildman–Crippen LogP) is 2.36. The van der Waals surface area contributed by atoms with E-state index in [1.807, 2.05) is 6.92 Å². The fourth-order valence-electron chi connectivity index (χ4n) is 1.65. The third-order valence-corrected chi connectivity index (χ3v) is 3.62. The molecule has 1 aliphatic heterocycles. The summed E-state index contributed by atoms with van der Waals surface area (Å²) in [4.78, 5) is 13.7. The molecule has 4 heteroatoms. The Hall–Kier alpha value is -1.03. The van der Waals surface area contributed by atoms with Crippen LogP contribution in [0.3, 0.4) is 0 Å². The Morgan fingerprint density at radius 3 is 3.00 bits per heavy atom. The van der Waals surface area contributed by atoms with Crippen molar-refractivity contribution >= 4 is 17.7 Å². The first-order valence-corrected chi connectivity index (χ1v) is 5.91. The average molecular weight is 225 g/mol. The third kappa shape index (κ3) is 2.15. The molecular weight excluding hydrogens is 213 g/mol. The minimum atomic E-state index is -0.361. The summed E-state index contributed by atoms with van der Waals surface area (Å²) in [5.74, 6) is 0.523. The number of benzene rings is 1. The number of hydrogen-bond acceptors (Lipinski definition) is 2. The van der Waals surface area contributed by atoms with Gasteiger partial charge in [0.15, 0.2) is 0 Å². The lowest BCUT2D eigenvalue weighted by Crippen LogP contribution is -2.33. The van der Waals surface area contributed by atoms with Crippen LogP contribution in [-0.4, -0.2) is 28.5 Å². The quantitative estimate of drug-likeness (QED) is 0.731. The fraction of sp³-hybridized carbons (Fsp3) is 0.364. The highest BCUT2D eigenvalue weighted by atomic mass is 32.2. The van der Waals surface area contributed by atoms with E-state index in [9.17, 15) is 9.18 Å². The Bertz CT molecular complexity index is 383. The van der Waals surface area contributed by atoms with Crippen LogP contribution in [0.15, 0.2) is 24.3 Å². The number of nitrogens with zero attached hydrogens (tertiary/aromatic N) is 1. The van der Waals surface area contributed by atoms with E-state index in [0.29, 0.717) is 5.56 Å². The molecule has 2 rings (SSSR count). The lowest BCUT2D eigenvalue weighted by molar-refractivity contribution is 0.0768. The van der Waals surface area contributed by atoms with Crippen molar-refractivity contribution in [2.24, 2.45) is 0 Å². The summed E-state index contributed by atoms with van der Waals surface area (Å²) < 4.78 is 12.9. The van der Waals surface area contributed by atoms with Crippen molar-refractivity contribution < 1.29 is 9.18 Å². The molecule has 0 N–H and O–H groups in total. The van der Waals surface area contributed by atoms with E-state index in [1.54, 1.807) is 28.8 Å². The van der Waals surface area contributed by atoms with E-state index < -0.39 is 0 Å². The van der Waals surface area contributed by atoms with Crippen molar-refractivity contribution in [3.05, 3.63) is 35.6 Å². The lowest BCUT2D eigenvalue weighted by Gasteiger charge is -2.20. The van der Waals surface area contributed by atoms with Gasteiger partial charge in [0.1, 0.15) is 5.82 Å². The van der Waals surface area contributed by atoms with Crippen LogP contribution < -0.4 is 0 Å². The summed E-state index contributed by atoms with van der Waals surface area (Å²) in [6.07, 6.45) is 0. The van der Waals surface area contributed by atoms with Gasteiger partial charge in [-0.25, -0.2) is 4.39 Å². The molecule has 0 aromatic heterocycles. The molecule has 0 spiro atoms. The Morgan fingerprint density at radius 2 is 2.40 bits per heavy atom. The van der Waals surface area contributed by atoms with Gasteiger partial charge in [-0.2, -0.15) is 0 Å². The van der Waals surface area contributed by atoms with E-state index in [2.05, 4.69) is 0 Å². The lowest BCUT2D eigenvalue weighted by atomic mass is 10.2. The number of rotatable bonds is 1. The van der Waals surface area contributed by atoms with Crippen LogP contribution in [0.4, 0.5) is 4.39 Å². The van der Waals surface area contributed by atoms with Gasteiger partial charge >= 0.3 is 0 Å². The third-order valence-electron chi connectivity index (χ3n) is 2.46. The van der Waals surface area contributed by atoms with Crippen LogP contribution in [0.25, 0.3) is 0 Å². The van der Waals surface area contributed by atoms with Crippen molar-refractivity contribution in [1.82, 2.24) is 4.90 Å². The molecule has 1 aromatic carbocycles. The second-order valence-electron chi connectivity index (χ2n) is 3.48. The summed E-state index contributed by atoms with van der Waals surface area (Å²) in [6.45, 7) is 2.75. The van der Waals surface area contributed by atoms with E-state index in [1.165, 1.54) is 12.1 Å². The fourth-order valence-corrected chi connectivity index (χ4v) is 2.67. The van der Waals surface area contributed by atoms with Gasteiger partial charge in [-0.3, -0.25) is 4.79 Å². The summed E-state index contributed by atoms with van der Waals surface area (Å²) in [5, 5.41) is 0.195. The molecule has 1 heterocycles. The predicted molar refractivity (Wildman–Crippen MR) is 59.4 cm³/mol. The number of carbonyl (C=O) groups is 1. The SMILES string of the molecule is CC1SCCN1C(=O)c1cccc(F)c1. The van der Waals surface area contributed by atoms with E-state index >= 15 is 0 Å². The van der Waals surface area contributed by atoms with Crippen LogP contribution in [0.5, 0.6) is 0 Å². The van der Waals surface area contributed by atoms with Crippen LogP contribution in [0, 0.1) is 5.82 Å². The van der Waals surface area contributed by atoms with Gasteiger partial charge in [0.25, 0.3) is 5.91 Å². The van der Waals surface area contributed by atoms with Crippen LogP contribution >= 0.6 is 11.8 Å². The zero-order valence-electron chi connectivity index (χ0n) is 8.44. The number of halogens is 1. The Kier molecular flexibility index (Phi) is 2.95. The minimum absolute atomic E-state index is 0.0769. The average Bonchev–Trinajstić information content (AvgIpc) is 2.63. The first-order valence-electron chi connectivity index (χ1n) is 4.86. The summed E-state index contributed by atoms with van der Waals surface area (Å²) in [6, 6.07) is 5.86. The topological polar surface area (TPSA) is 20.3 Å². The highest BCUT2D eigenvalue weighted by molar-refractivity contribution is 8.00. The molecule has 2 nitrogen and oxygen atoms in total. The maximum absolute atomic E-state index is 12.9. The largest absolute Gasteiger partial charge is 0.326 e.